The van der Waals surface area contributed by atoms with E-state index in [2.05, 4.69) is 15.6 Å². The van der Waals surface area contributed by atoms with Gasteiger partial charge in [-0.2, -0.15) is 5.26 Å². The van der Waals surface area contributed by atoms with Crippen LogP contribution >= 0.6 is 22.9 Å². The molecule has 2 aliphatic heterocycles. The van der Waals surface area contributed by atoms with E-state index in [1.54, 1.807) is 43.7 Å². The molecule has 0 saturated heterocycles. The smallest absolute Gasteiger partial charge is 0.411 e. The highest BCUT2D eigenvalue weighted by Gasteiger charge is 2.28. The van der Waals surface area contributed by atoms with Crippen molar-refractivity contribution in [3.63, 3.8) is 0 Å². The molecule has 40 heavy (non-hydrogen) atoms. The molecule has 0 saturated carbocycles. The number of methoxy groups -OCH3 is 1. The lowest BCUT2D eigenvalue weighted by atomic mass is 10.1. The van der Waals surface area contributed by atoms with E-state index in [1.807, 2.05) is 25.1 Å². The molecule has 0 fully saturated rings. The predicted octanol–water partition coefficient (Wildman–Crippen LogP) is 6.29. The number of aliphatic imine (C=N–C) groups is 1. The number of nitriles is 1. The molecule has 6 rings (SSSR count). The molecule has 4 aromatic rings. The first kappa shape index (κ1) is 25.9. The van der Waals surface area contributed by atoms with Crippen LogP contribution in [0.3, 0.4) is 0 Å². The highest BCUT2D eigenvalue weighted by atomic mass is 35.5. The van der Waals surface area contributed by atoms with Gasteiger partial charge in [0.15, 0.2) is 23.8 Å². The van der Waals surface area contributed by atoms with Crippen molar-refractivity contribution < 1.29 is 23.7 Å². The number of fused-ring (bicyclic) bond motifs is 4. The minimum absolute atomic E-state index is 0.0459. The lowest BCUT2D eigenvalue weighted by Crippen LogP contribution is -2.35. The summed E-state index contributed by atoms with van der Waals surface area (Å²) in [5, 5.41) is 16.1. The quantitative estimate of drug-likeness (QED) is 0.284. The van der Waals surface area contributed by atoms with E-state index in [0.29, 0.717) is 33.3 Å². The number of carbonyl (C=O) groups is 1. The van der Waals surface area contributed by atoms with Crippen molar-refractivity contribution in [1.29, 1.82) is 5.26 Å². The zero-order chi connectivity index (χ0) is 27.8. The molecule has 2 N–H and O–H groups in total. The number of aromatic nitrogens is 1. The molecular formula is C28H22ClN5O5S. The van der Waals surface area contributed by atoms with Gasteiger partial charge >= 0.3 is 6.09 Å². The summed E-state index contributed by atoms with van der Waals surface area (Å²) in [6.45, 7) is 2.13. The van der Waals surface area contributed by atoms with E-state index in [1.165, 1.54) is 11.3 Å². The number of ether oxygens (including phenoxy) is 4. The second-order valence-corrected chi connectivity index (χ2v) is 10.5. The second-order valence-electron chi connectivity index (χ2n) is 9.14. The van der Waals surface area contributed by atoms with Crippen LogP contribution in [0, 0.1) is 18.3 Å². The van der Waals surface area contributed by atoms with Crippen LogP contribution in [0.5, 0.6) is 11.5 Å². The van der Waals surface area contributed by atoms with Crippen LogP contribution < -0.4 is 20.1 Å². The Morgan fingerprint density at radius 1 is 1.32 bits per heavy atom. The number of nitrogens with one attached hydrogen (secondary N) is 2. The minimum Gasteiger partial charge on any atom is -0.484 e. The normalized spacial score (nSPS) is 17.1. The van der Waals surface area contributed by atoms with Crippen molar-refractivity contribution in [2.75, 3.05) is 31.0 Å². The van der Waals surface area contributed by atoms with Crippen LogP contribution in [-0.2, 0) is 9.47 Å². The van der Waals surface area contributed by atoms with E-state index < -0.39 is 12.2 Å². The Balaban J connectivity index is 1.21. The first-order valence-electron chi connectivity index (χ1n) is 12.3. The van der Waals surface area contributed by atoms with Crippen LogP contribution in [0.1, 0.15) is 11.1 Å². The molecule has 1 aromatic heterocycles. The highest BCUT2D eigenvalue weighted by Crippen LogP contribution is 2.49. The molecule has 10 nitrogen and oxygen atoms in total. The molecule has 0 bridgehead atoms. The summed E-state index contributed by atoms with van der Waals surface area (Å²) in [5.41, 5.74) is 5.05. The van der Waals surface area contributed by atoms with Gasteiger partial charge in [-0.1, -0.05) is 17.7 Å². The fraction of sp³-hybridized carbons (Fsp3) is 0.214. The number of thiazole rings is 1. The molecule has 12 heteroatoms. The fourth-order valence-corrected chi connectivity index (χ4v) is 5.83. The summed E-state index contributed by atoms with van der Waals surface area (Å²) < 4.78 is 23.6. The Hall–Kier alpha value is -4.37. The molecule has 0 radical (unpaired) electrons. The number of benzene rings is 3. The van der Waals surface area contributed by atoms with Crippen LogP contribution in [0.15, 0.2) is 47.5 Å². The maximum atomic E-state index is 12.3. The van der Waals surface area contributed by atoms with Gasteiger partial charge in [0.2, 0.25) is 0 Å². The SMILES string of the molecule is COC1C=Nc2c(cc(C)cc2-c2nc3c(Cl)cc4c(c3s2)OC[C@H](COC(=O)Nc2cccc(C#N)c2)O4)N1. The van der Waals surface area contributed by atoms with Crippen molar-refractivity contribution >= 4 is 62.5 Å². The van der Waals surface area contributed by atoms with Crippen LogP contribution in [-0.4, -0.2) is 49.9 Å². The average Bonchev–Trinajstić information content (AvgIpc) is 3.41. The molecule has 2 aliphatic rings. The third-order valence-electron chi connectivity index (χ3n) is 6.26. The van der Waals surface area contributed by atoms with E-state index in [9.17, 15) is 4.79 Å². The number of rotatable bonds is 5. The van der Waals surface area contributed by atoms with Gasteiger partial charge in [-0.15, -0.1) is 11.3 Å². The van der Waals surface area contributed by atoms with Crippen molar-refractivity contribution in [3.05, 3.63) is 58.6 Å². The first-order chi connectivity index (χ1) is 19.4. The molecule has 3 aromatic carbocycles. The first-order valence-corrected chi connectivity index (χ1v) is 13.5. The van der Waals surface area contributed by atoms with E-state index in [0.717, 1.165) is 32.2 Å². The Kier molecular flexibility index (Phi) is 6.89. The van der Waals surface area contributed by atoms with Crippen LogP contribution in [0.4, 0.5) is 21.9 Å². The number of aryl methyl sites for hydroxylation is 1. The number of nitrogens with zero attached hydrogens (tertiary/aromatic N) is 3. The van der Waals surface area contributed by atoms with Gasteiger partial charge < -0.3 is 24.3 Å². The monoisotopic (exact) mass is 575 g/mol. The highest BCUT2D eigenvalue weighted by molar-refractivity contribution is 7.22. The van der Waals surface area contributed by atoms with E-state index in [4.69, 9.17) is 40.8 Å². The predicted molar refractivity (Wildman–Crippen MR) is 153 cm³/mol. The van der Waals surface area contributed by atoms with Gasteiger partial charge in [-0.3, -0.25) is 10.3 Å². The number of carbonyl (C=O) groups excluding carboxylic acids is 1. The number of halogens is 1. The number of anilines is 2. The zero-order valence-corrected chi connectivity index (χ0v) is 22.9. The van der Waals surface area contributed by atoms with Gasteiger partial charge in [0.05, 0.1) is 34.2 Å². The number of hydrogen-bond donors (Lipinski definition) is 2. The summed E-state index contributed by atoms with van der Waals surface area (Å²) >= 11 is 8.07. The topological polar surface area (TPSA) is 127 Å². The summed E-state index contributed by atoms with van der Waals surface area (Å²) in [5.74, 6) is 0.989. The maximum Gasteiger partial charge on any atom is 0.411 e. The number of amides is 1. The van der Waals surface area contributed by atoms with Gasteiger partial charge in [0.1, 0.15) is 28.4 Å². The zero-order valence-electron chi connectivity index (χ0n) is 21.4. The Bertz CT molecular complexity index is 1720. The Morgan fingerprint density at radius 3 is 3.02 bits per heavy atom. The van der Waals surface area contributed by atoms with Gasteiger partial charge in [0, 0.05) is 24.4 Å². The van der Waals surface area contributed by atoms with Crippen LogP contribution in [0.2, 0.25) is 5.02 Å². The Labute approximate surface area is 238 Å². The van der Waals surface area contributed by atoms with Gasteiger partial charge in [0.25, 0.3) is 0 Å². The molecule has 1 amide bonds. The van der Waals surface area contributed by atoms with E-state index >= 15 is 0 Å². The van der Waals surface area contributed by atoms with Crippen molar-refractivity contribution in [2.24, 2.45) is 4.99 Å². The van der Waals surface area contributed by atoms with Crippen LogP contribution in [0.25, 0.3) is 20.8 Å². The molecule has 2 atom stereocenters. The summed E-state index contributed by atoms with van der Waals surface area (Å²) in [7, 11) is 1.62. The lowest BCUT2D eigenvalue weighted by molar-refractivity contribution is 0.0384. The average molecular weight is 576 g/mol. The Morgan fingerprint density at radius 2 is 2.20 bits per heavy atom. The summed E-state index contributed by atoms with van der Waals surface area (Å²) in [6, 6.07) is 14.3. The molecule has 1 unspecified atom stereocenters. The molecular weight excluding hydrogens is 554 g/mol. The van der Waals surface area contributed by atoms with Gasteiger partial charge in [-0.05, 0) is 42.8 Å². The van der Waals surface area contributed by atoms with Crippen molar-refractivity contribution in [3.8, 4) is 28.1 Å². The fourth-order valence-electron chi connectivity index (χ4n) is 4.44. The maximum absolute atomic E-state index is 12.3. The van der Waals surface area contributed by atoms with Crippen molar-refractivity contribution in [1.82, 2.24) is 4.98 Å². The molecule has 0 aliphatic carbocycles. The summed E-state index contributed by atoms with van der Waals surface area (Å²) in [6.07, 6.45) is 0.206. The van der Waals surface area contributed by atoms with Gasteiger partial charge in [-0.25, -0.2) is 9.78 Å². The third kappa shape index (κ3) is 5.00. The molecule has 3 heterocycles. The second kappa shape index (κ2) is 10.7. The lowest BCUT2D eigenvalue weighted by Gasteiger charge is -2.26. The minimum atomic E-state index is -0.666. The molecule has 202 valence electrons. The number of hydrogen-bond acceptors (Lipinski definition) is 10. The third-order valence-corrected chi connectivity index (χ3v) is 7.64. The largest absolute Gasteiger partial charge is 0.484 e. The van der Waals surface area contributed by atoms with Crippen molar-refractivity contribution in [2.45, 2.75) is 19.3 Å². The van der Waals surface area contributed by atoms with E-state index in [-0.39, 0.29) is 19.4 Å². The summed E-state index contributed by atoms with van der Waals surface area (Å²) in [4.78, 5) is 21.7. The standard InChI is InChI=1S/C28H22ClN5O5S/c1-14-6-18(23-20(7-14)33-22(36-2)11-31-23)27-34-24-19(29)9-21-25(26(24)40-27)37-12-17(39-21)13-38-28(35)32-16-5-3-4-15(8-16)10-30/h3-9,11,17,22,33H,12-13H2,1-2H3,(H,32,35)/t17-,22?/m1/s1. The molecule has 0 spiro atoms.